The van der Waals surface area contributed by atoms with E-state index in [-0.39, 0.29) is 46.4 Å². The number of carbonyl (C=O) groups excluding carboxylic acids is 2. The highest BCUT2D eigenvalue weighted by molar-refractivity contribution is 5.74. The lowest BCUT2D eigenvalue weighted by Gasteiger charge is -2.63. The van der Waals surface area contributed by atoms with Gasteiger partial charge in [-0.15, -0.1) is 0 Å². The molecule has 5 fully saturated rings. The van der Waals surface area contributed by atoms with Crippen molar-refractivity contribution in [1.82, 2.24) is 9.80 Å². The Morgan fingerprint density at radius 2 is 1.69 bits per heavy atom. The van der Waals surface area contributed by atoms with Crippen LogP contribution in [0.2, 0.25) is 0 Å². The summed E-state index contributed by atoms with van der Waals surface area (Å²) in [5, 5.41) is 12.4. The van der Waals surface area contributed by atoms with Crippen LogP contribution in [0.1, 0.15) is 90.0 Å². The van der Waals surface area contributed by atoms with Gasteiger partial charge in [0.05, 0.1) is 11.9 Å². The Bertz CT molecular complexity index is 1160. The molecule has 1 aromatic rings. The Labute approximate surface area is 231 Å². The largest absolute Gasteiger partial charge is 0.446 e. The minimum absolute atomic E-state index is 0.0550. The van der Waals surface area contributed by atoms with Crippen molar-refractivity contribution in [3.05, 3.63) is 34.4 Å². The van der Waals surface area contributed by atoms with Gasteiger partial charge in [0.1, 0.15) is 6.10 Å². The van der Waals surface area contributed by atoms with Crippen molar-refractivity contribution in [3.63, 3.8) is 0 Å². The molecule has 8 heteroatoms. The zero-order valence-electron chi connectivity index (χ0n) is 23.7. The molecule has 5 aliphatic rings. The molecule has 2 heterocycles. The van der Waals surface area contributed by atoms with Gasteiger partial charge in [0.15, 0.2) is 0 Å². The summed E-state index contributed by atoms with van der Waals surface area (Å²) in [5.74, 6) is 1.49. The lowest BCUT2D eigenvalue weighted by atomic mass is 9.43. The number of ether oxygens (including phenoxy) is 1. The fourth-order valence-corrected chi connectivity index (χ4v) is 9.82. The average Bonchev–Trinajstić information content (AvgIpc) is 3.20. The van der Waals surface area contributed by atoms with E-state index in [2.05, 4.69) is 13.8 Å². The molecule has 0 unspecified atom stereocenters. The standard InChI is InChI=1S/C31H44N2O6/c1-20(34)32-14-16-33(17-15-32)28(36)39-23-8-11-29(2)22(18-23)5-6-26-25(29)9-12-30(3)24(10-13-31(26,30)37)21-4-7-27(35)38-19-21/h4,7,19,22-26,37H,5-6,8-18H2,1-3H3/t22-,23+,24-,25+,26-,29+,30-,31+/m1/s1. The zero-order valence-corrected chi connectivity index (χ0v) is 23.7. The molecule has 39 heavy (non-hydrogen) atoms. The second-order valence-corrected chi connectivity index (χ2v) is 13.6. The number of hydrogen-bond donors (Lipinski definition) is 1. The Morgan fingerprint density at radius 1 is 0.949 bits per heavy atom. The molecule has 1 aliphatic heterocycles. The van der Waals surface area contributed by atoms with E-state index in [1.54, 1.807) is 23.0 Å². The van der Waals surface area contributed by atoms with E-state index in [0.717, 1.165) is 63.4 Å². The Morgan fingerprint density at radius 3 is 2.38 bits per heavy atom. The zero-order chi connectivity index (χ0) is 27.6. The highest BCUT2D eigenvalue weighted by atomic mass is 16.6. The van der Waals surface area contributed by atoms with Crippen LogP contribution in [-0.4, -0.2) is 64.8 Å². The van der Waals surface area contributed by atoms with Crippen LogP contribution in [0.3, 0.4) is 0 Å². The Hall–Kier alpha value is -2.35. The van der Waals surface area contributed by atoms with Crippen molar-refractivity contribution >= 4 is 12.0 Å². The predicted octanol–water partition coefficient (Wildman–Crippen LogP) is 4.55. The first-order chi connectivity index (χ1) is 18.5. The lowest BCUT2D eigenvalue weighted by Crippen LogP contribution is -2.62. The molecule has 0 radical (unpaired) electrons. The van der Waals surface area contributed by atoms with Crippen LogP contribution in [-0.2, 0) is 9.53 Å². The van der Waals surface area contributed by atoms with Gasteiger partial charge >= 0.3 is 11.7 Å². The maximum atomic E-state index is 12.9. The predicted molar refractivity (Wildman–Crippen MR) is 145 cm³/mol. The molecule has 0 bridgehead atoms. The summed E-state index contributed by atoms with van der Waals surface area (Å²) < 4.78 is 11.3. The average molecular weight is 541 g/mol. The van der Waals surface area contributed by atoms with Crippen molar-refractivity contribution in [2.75, 3.05) is 26.2 Å². The van der Waals surface area contributed by atoms with Gasteiger partial charge in [0.2, 0.25) is 5.91 Å². The third kappa shape index (κ3) is 4.23. The summed E-state index contributed by atoms with van der Waals surface area (Å²) in [4.78, 5) is 39.6. The lowest BCUT2D eigenvalue weighted by molar-refractivity contribution is -0.205. The summed E-state index contributed by atoms with van der Waals surface area (Å²) in [6.07, 6.45) is 9.99. The van der Waals surface area contributed by atoms with Crippen LogP contribution in [0.25, 0.3) is 0 Å². The number of amides is 2. The number of carbonyl (C=O) groups is 2. The smallest absolute Gasteiger partial charge is 0.410 e. The molecule has 8 nitrogen and oxygen atoms in total. The number of rotatable bonds is 2. The molecule has 214 valence electrons. The van der Waals surface area contributed by atoms with Crippen LogP contribution >= 0.6 is 0 Å². The summed E-state index contributed by atoms with van der Waals surface area (Å²) in [7, 11) is 0. The second-order valence-electron chi connectivity index (χ2n) is 13.6. The number of hydrogen-bond acceptors (Lipinski definition) is 6. The molecule has 0 spiro atoms. The van der Waals surface area contributed by atoms with E-state index in [4.69, 9.17) is 9.15 Å². The van der Waals surface area contributed by atoms with E-state index < -0.39 is 5.60 Å². The normalized spacial score (nSPS) is 41.8. The monoisotopic (exact) mass is 540 g/mol. The van der Waals surface area contributed by atoms with Crippen LogP contribution in [0, 0.1) is 28.6 Å². The van der Waals surface area contributed by atoms with Gasteiger partial charge in [-0.1, -0.05) is 13.8 Å². The SMILES string of the molecule is CC(=O)N1CCN(C(=O)O[C@H]2CC[C@@]3(C)[C@H](CC[C@@H]4[C@@H]3CC[C@]3(C)[C@@H](c5ccc(=O)oc5)CC[C@]43O)C2)CC1. The van der Waals surface area contributed by atoms with Gasteiger partial charge < -0.3 is 24.1 Å². The van der Waals surface area contributed by atoms with Gasteiger partial charge in [-0.05, 0) is 98.5 Å². The first kappa shape index (κ1) is 26.9. The molecule has 1 saturated heterocycles. The number of fused-ring (bicyclic) bond motifs is 5. The first-order valence-corrected chi connectivity index (χ1v) is 15.1. The maximum Gasteiger partial charge on any atom is 0.410 e. The molecule has 1 N–H and O–H groups in total. The van der Waals surface area contributed by atoms with Crippen LogP contribution in [0.5, 0.6) is 0 Å². The van der Waals surface area contributed by atoms with E-state index in [9.17, 15) is 19.5 Å². The third-order valence-electron chi connectivity index (χ3n) is 12.2. The minimum atomic E-state index is -0.712. The third-order valence-corrected chi connectivity index (χ3v) is 12.2. The summed E-state index contributed by atoms with van der Waals surface area (Å²) >= 11 is 0. The van der Waals surface area contributed by atoms with Crippen LogP contribution in [0.15, 0.2) is 27.6 Å². The van der Waals surface area contributed by atoms with Gasteiger partial charge in [-0.25, -0.2) is 9.59 Å². The first-order valence-electron chi connectivity index (χ1n) is 15.1. The molecule has 2 amide bonds. The van der Waals surface area contributed by atoms with Crippen LogP contribution in [0.4, 0.5) is 4.79 Å². The van der Waals surface area contributed by atoms with Gasteiger partial charge in [0.25, 0.3) is 0 Å². The molecular formula is C31H44N2O6. The van der Waals surface area contributed by atoms with Gasteiger partial charge in [-0.3, -0.25) is 4.79 Å². The van der Waals surface area contributed by atoms with Crippen molar-refractivity contribution in [1.29, 1.82) is 0 Å². The molecule has 4 saturated carbocycles. The molecule has 6 rings (SSSR count). The number of nitrogens with zero attached hydrogens (tertiary/aromatic N) is 2. The van der Waals surface area contributed by atoms with Crippen molar-refractivity contribution in [2.24, 2.45) is 28.6 Å². The minimum Gasteiger partial charge on any atom is -0.446 e. The highest BCUT2D eigenvalue weighted by Crippen LogP contribution is 2.70. The topological polar surface area (TPSA) is 100 Å². The van der Waals surface area contributed by atoms with Gasteiger partial charge in [-0.2, -0.15) is 0 Å². The Kier molecular flexibility index (Phi) is 6.63. The fraction of sp³-hybridized carbons (Fsp3) is 0.774. The number of aliphatic hydroxyl groups is 1. The Balaban J connectivity index is 1.12. The van der Waals surface area contributed by atoms with Crippen LogP contribution < -0.4 is 5.63 Å². The molecule has 8 atom stereocenters. The van der Waals surface area contributed by atoms with Crippen molar-refractivity contribution < 1.29 is 23.8 Å². The van der Waals surface area contributed by atoms with Gasteiger partial charge in [0, 0.05) is 44.6 Å². The molecule has 4 aliphatic carbocycles. The molecule has 0 aromatic carbocycles. The van der Waals surface area contributed by atoms with Crippen molar-refractivity contribution in [2.45, 2.75) is 96.2 Å². The number of piperazine rings is 1. The highest BCUT2D eigenvalue weighted by Gasteiger charge is 2.67. The van der Waals surface area contributed by atoms with Crippen molar-refractivity contribution in [3.8, 4) is 0 Å². The fourth-order valence-electron chi connectivity index (χ4n) is 9.82. The molecule has 1 aromatic heterocycles. The van der Waals surface area contributed by atoms with E-state index in [0.29, 0.717) is 38.0 Å². The summed E-state index contributed by atoms with van der Waals surface area (Å²) in [6.45, 7) is 8.49. The maximum absolute atomic E-state index is 12.9. The molecular weight excluding hydrogens is 496 g/mol. The summed E-state index contributed by atoms with van der Waals surface area (Å²) in [5.41, 5.74) is -0.0829. The van der Waals surface area contributed by atoms with E-state index in [1.165, 1.54) is 6.07 Å². The van der Waals surface area contributed by atoms with E-state index >= 15 is 0 Å². The summed E-state index contributed by atoms with van der Waals surface area (Å²) in [6, 6.07) is 3.40. The van der Waals surface area contributed by atoms with E-state index in [1.807, 2.05) is 6.07 Å². The quantitative estimate of drug-likeness (QED) is 0.591. The second kappa shape index (κ2) is 9.64.